The van der Waals surface area contributed by atoms with Gasteiger partial charge in [0.1, 0.15) is 5.41 Å². The lowest BCUT2D eigenvalue weighted by molar-refractivity contribution is 0.0112. The zero-order valence-electron chi connectivity index (χ0n) is 19.1. The predicted octanol–water partition coefficient (Wildman–Crippen LogP) is 8.61. The molecule has 1 saturated carbocycles. The van der Waals surface area contributed by atoms with Crippen molar-refractivity contribution in [2.24, 2.45) is 16.8 Å². The second-order valence-electron chi connectivity index (χ2n) is 9.05. The molecule has 0 N–H and O–H groups in total. The Balaban J connectivity index is 2.19. The predicted molar refractivity (Wildman–Crippen MR) is 128 cm³/mol. The molecule has 2 atom stereocenters. The topological polar surface area (TPSA) is 12.4 Å². The summed E-state index contributed by atoms with van der Waals surface area (Å²) in [6, 6.07) is 13.1. The van der Waals surface area contributed by atoms with Gasteiger partial charge in [0, 0.05) is 6.21 Å². The summed E-state index contributed by atoms with van der Waals surface area (Å²) in [7, 11) is 0. The molecule has 168 valence electrons. The number of hydrogen-bond donors (Lipinski definition) is 0. The van der Waals surface area contributed by atoms with Gasteiger partial charge in [0.25, 0.3) is 0 Å². The average Bonchev–Trinajstić information content (AvgIpc) is 3.56. The molecule has 0 saturated heterocycles. The van der Waals surface area contributed by atoms with E-state index in [9.17, 15) is 0 Å². The van der Waals surface area contributed by atoms with Gasteiger partial charge in [0.15, 0.2) is 0 Å². The minimum atomic E-state index is -3.40. The van der Waals surface area contributed by atoms with Gasteiger partial charge in [-0.1, -0.05) is 70.0 Å². The standard InChI is InChI=1S/C27H34ClF2N/c1-5-10-21-18-25(31-16-15-19(3)6-2)20(4)17-24(21)26(23-13-14-23,27(28,29)30)22-11-8-7-9-12-22/h7-9,11-12,16-19,23H,5-6,10,13-15H2,1-4H3/b31-16+. The molecular formula is C27H34ClF2N. The van der Waals surface area contributed by atoms with Gasteiger partial charge in [-0.3, -0.25) is 4.99 Å². The van der Waals surface area contributed by atoms with Crippen LogP contribution >= 0.6 is 11.6 Å². The fraction of sp³-hybridized carbons (Fsp3) is 0.519. The smallest absolute Gasteiger partial charge is 0.261 e. The minimum absolute atomic E-state index is 0.169. The molecule has 1 nitrogen and oxygen atoms in total. The zero-order valence-corrected chi connectivity index (χ0v) is 19.9. The lowest BCUT2D eigenvalue weighted by atomic mass is 9.68. The molecule has 3 rings (SSSR count). The first kappa shape index (κ1) is 23.9. The number of aryl methyl sites for hydroxylation is 2. The van der Waals surface area contributed by atoms with E-state index in [0.717, 1.165) is 55.3 Å². The molecule has 1 fully saturated rings. The van der Waals surface area contributed by atoms with Gasteiger partial charge in [-0.15, -0.1) is 0 Å². The number of rotatable bonds is 10. The zero-order chi connectivity index (χ0) is 22.6. The third-order valence-corrected chi connectivity index (χ3v) is 6.97. The van der Waals surface area contributed by atoms with Crippen molar-refractivity contribution in [1.29, 1.82) is 0 Å². The largest absolute Gasteiger partial charge is 0.335 e. The Morgan fingerprint density at radius 2 is 1.84 bits per heavy atom. The molecule has 0 spiro atoms. The highest BCUT2D eigenvalue weighted by atomic mass is 35.5. The van der Waals surface area contributed by atoms with Crippen molar-refractivity contribution in [3.63, 3.8) is 0 Å². The van der Waals surface area contributed by atoms with Crippen LogP contribution in [0.5, 0.6) is 0 Å². The molecule has 4 heteroatoms. The molecule has 2 aromatic carbocycles. The van der Waals surface area contributed by atoms with Crippen molar-refractivity contribution >= 4 is 23.5 Å². The van der Waals surface area contributed by atoms with Crippen LogP contribution in [0.2, 0.25) is 0 Å². The Kier molecular flexibility index (Phi) is 7.57. The molecule has 0 bridgehead atoms. The van der Waals surface area contributed by atoms with Crippen LogP contribution in [0.3, 0.4) is 0 Å². The maximum Gasteiger partial charge on any atom is 0.335 e. The van der Waals surface area contributed by atoms with Gasteiger partial charge in [0.2, 0.25) is 0 Å². The Bertz CT molecular complexity index is 899. The number of hydrogen-bond acceptors (Lipinski definition) is 1. The second kappa shape index (κ2) is 9.81. The molecular weight excluding hydrogens is 412 g/mol. The van der Waals surface area contributed by atoms with Crippen LogP contribution in [0.25, 0.3) is 0 Å². The van der Waals surface area contributed by atoms with Crippen molar-refractivity contribution < 1.29 is 8.78 Å². The summed E-state index contributed by atoms with van der Waals surface area (Å²) in [5, 5.41) is -3.40. The third-order valence-electron chi connectivity index (χ3n) is 6.67. The monoisotopic (exact) mass is 445 g/mol. The molecule has 31 heavy (non-hydrogen) atoms. The fourth-order valence-electron chi connectivity index (χ4n) is 4.60. The second-order valence-corrected chi connectivity index (χ2v) is 9.53. The first-order valence-corrected chi connectivity index (χ1v) is 11.9. The van der Waals surface area contributed by atoms with Crippen LogP contribution in [-0.4, -0.2) is 11.6 Å². The van der Waals surface area contributed by atoms with Crippen LogP contribution < -0.4 is 0 Å². The normalized spacial score (nSPS) is 17.6. The molecule has 0 heterocycles. The SMILES string of the molecule is CCCc1cc(/N=C/CC(C)CC)c(C)cc1C(c1ccccc1)(C1CC1)C(F)(F)Cl. The van der Waals surface area contributed by atoms with Crippen molar-refractivity contribution in [2.75, 3.05) is 0 Å². The van der Waals surface area contributed by atoms with Crippen LogP contribution in [-0.2, 0) is 11.8 Å². The number of alkyl halides is 3. The van der Waals surface area contributed by atoms with E-state index in [-0.39, 0.29) is 5.92 Å². The van der Waals surface area contributed by atoms with Gasteiger partial charge >= 0.3 is 5.38 Å². The maximum absolute atomic E-state index is 15.4. The summed E-state index contributed by atoms with van der Waals surface area (Å²) in [5.74, 6) is 0.408. The molecule has 0 aromatic heterocycles. The first-order chi connectivity index (χ1) is 14.8. The highest BCUT2D eigenvalue weighted by Gasteiger charge is 2.63. The van der Waals surface area contributed by atoms with Crippen molar-refractivity contribution in [3.8, 4) is 0 Å². The van der Waals surface area contributed by atoms with Gasteiger partial charge in [-0.25, -0.2) is 0 Å². The van der Waals surface area contributed by atoms with Crippen molar-refractivity contribution in [1.82, 2.24) is 0 Å². The van der Waals surface area contributed by atoms with E-state index in [1.54, 1.807) is 12.1 Å². The van der Waals surface area contributed by atoms with Gasteiger partial charge in [-0.05, 0) is 84.4 Å². The minimum Gasteiger partial charge on any atom is -0.261 e. The Morgan fingerprint density at radius 3 is 2.39 bits per heavy atom. The Labute approximate surface area is 190 Å². The Hall–Kier alpha value is -1.74. The van der Waals surface area contributed by atoms with Crippen LogP contribution in [0, 0.1) is 18.8 Å². The lowest BCUT2D eigenvalue weighted by Crippen LogP contribution is -2.45. The molecule has 0 amide bonds. The number of aliphatic imine (C=N–C) groups is 1. The van der Waals surface area contributed by atoms with Crippen molar-refractivity contribution in [3.05, 3.63) is 64.7 Å². The average molecular weight is 446 g/mol. The van der Waals surface area contributed by atoms with E-state index in [1.807, 2.05) is 43.5 Å². The first-order valence-electron chi connectivity index (χ1n) is 11.5. The van der Waals surface area contributed by atoms with E-state index < -0.39 is 10.8 Å². The lowest BCUT2D eigenvalue weighted by Gasteiger charge is -2.40. The molecule has 1 aliphatic rings. The Morgan fingerprint density at radius 1 is 1.16 bits per heavy atom. The third kappa shape index (κ3) is 4.87. The summed E-state index contributed by atoms with van der Waals surface area (Å²) >= 11 is 6.00. The summed E-state index contributed by atoms with van der Waals surface area (Å²) in [6.45, 7) is 8.42. The fourth-order valence-corrected chi connectivity index (χ4v) is 4.96. The highest BCUT2D eigenvalue weighted by Crippen LogP contribution is 2.61. The summed E-state index contributed by atoms with van der Waals surface area (Å²) in [5.41, 5.74) is 2.45. The van der Waals surface area contributed by atoms with Gasteiger partial charge in [-0.2, -0.15) is 8.78 Å². The van der Waals surface area contributed by atoms with Crippen molar-refractivity contribution in [2.45, 2.75) is 77.0 Å². The van der Waals surface area contributed by atoms with E-state index in [2.05, 4.69) is 20.8 Å². The molecule has 2 unspecified atom stereocenters. The van der Waals surface area contributed by atoms with Gasteiger partial charge in [0.05, 0.1) is 5.69 Å². The highest BCUT2D eigenvalue weighted by molar-refractivity contribution is 6.23. The number of benzene rings is 2. The van der Waals surface area contributed by atoms with E-state index in [1.165, 1.54) is 0 Å². The quantitative estimate of drug-likeness (QED) is 0.256. The molecule has 1 aliphatic carbocycles. The van der Waals surface area contributed by atoms with Crippen LogP contribution in [0.4, 0.5) is 14.5 Å². The van der Waals surface area contributed by atoms with Gasteiger partial charge < -0.3 is 0 Å². The molecule has 0 aliphatic heterocycles. The molecule has 2 aromatic rings. The number of halogens is 3. The van der Waals surface area contributed by atoms with Crippen LogP contribution in [0.15, 0.2) is 47.5 Å². The van der Waals surface area contributed by atoms with Crippen LogP contribution in [0.1, 0.15) is 75.1 Å². The summed E-state index contributed by atoms with van der Waals surface area (Å²) in [4.78, 5) is 4.71. The van der Waals surface area contributed by atoms with E-state index in [4.69, 9.17) is 16.6 Å². The van der Waals surface area contributed by atoms with E-state index in [0.29, 0.717) is 17.0 Å². The molecule has 0 radical (unpaired) electrons. The summed E-state index contributed by atoms with van der Waals surface area (Å²) in [6.07, 6.45) is 7.10. The summed E-state index contributed by atoms with van der Waals surface area (Å²) < 4.78 is 30.8. The van der Waals surface area contributed by atoms with E-state index >= 15 is 8.78 Å². The maximum atomic E-state index is 15.4. The number of nitrogens with zero attached hydrogens (tertiary/aromatic N) is 1.